The molecule has 6 nitrogen and oxygen atoms in total. The topological polar surface area (TPSA) is 59.7 Å². The summed E-state index contributed by atoms with van der Waals surface area (Å²) < 4.78 is 7.93. The minimum Gasteiger partial charge on any atom is -0.489 e. The van der Waals surface area contributed by atoms with E-state index in [4.69, 9.17) is 21.4 Å². The third-order valence-electron chi connectivity index (χ3n) is 7.17. The number of rotatable bonds is 6. The molecule has 1 saturated heterocycles. The van der Waals surface area contributed by atoms with Gasteiger partial charge in [-0.15, -0.1) is 0 Å². The van der Waals surface area contributed by atoms with Gasteiger partial charge >= 0.3 is 0 Å². The molecule has 0 aliphatic carbocycles. The Kier molecular flexibility index (Phi) is 7.75. The third kappa shape index (κ3) is 5.86. The monoisotopic (exact) mass is 568 g/mol. The molecule has 3 heterocycles. The number of hydrogen-bond donors (Lipinski definition) is 0. The molecule has 1 amide bonds. The lowest BCUT2D eigenvalue weighted by atomic mass is 10.00. The zero-order valence-corrected chi connectivity index (χ0v) is 23.7. The Morgan fingerprint density at radius 2 is 1.80 bits per heavy atom. The van der Waals surface area contributed by atoms with Crippen molar-refractivity contribution >= 4 is 40.5 Å². The molecule has 0 atom stereocenters. The zero-order valence-electron chi connectivity index (χ0n) is 22.2. The number of amidine groups is 1. The van der Waals surface area contributed by atoms with Gasteiger partial charge in [0.05, 0.1) is 10.6 Å². The highest BCUT2D eigenvalue weighted by Gasteiger charge is 2.28. The van der Waals surface area contributed by atoms with E-state index in [0.29, 0.717) is 28.2 Å². The van der Waals surface area contributed by atoms with Crippen LogP contribution in [0.15, 0.2) is 95.0 Å². The van der Waals surface area contributed by atoms with Crippen molar-refractivity contribution in [1.29, 1.82) is 0 Å². The lowest BCUT2D eigenvalue weighted by molar-refractivity contribution is -0.113. The fourth-order valence-corrected chi connectivity index (χ4v) is 5.96. The van der Waals surface area contributed by atoms with E-state index in [0.717, 1.165) is 59.2 Å². The van der Waals surface area contributed by atoms with Gasteiger partial charge < -0.3 is 9.64 Å². The average molecular weight is 569 g/mol. The Morgan fingerprint density at radius 3 is 2.60 bits per heavy atom. The van der Waals surface area contributed by atoms with Gasteiger partial charge in [0, 0.05) is 41.0 Å². The third-order valence-corrected chi connectivity index (χ3v) is 8.59. The predicted molar refractivity (Wildman–Crippen MR) is 163 cm³/mol. The van der Waals surface area contributed by atoms with E-state index >= 15 is 0 Å². The van der Waals surface area contributed by atoms with E-state index in [1.54, 1.807) is 0 Å². The van der Waals surface area contributed by atoms with Gasteiger partial charge in [-0.05, 0) is 66.9 Å². The van der Waals surface area contributed by atoms with Crippen LogP contribution in [0.2, 0.25) is 5.02 Å². The molecule has 8 heteroatoms. The summed E-state index contributed by atoms with van der Waals surface area (Å²) in [6.07, 6.45) is 6.11. The highest BCUT2D eigenvalue weighted by molar-refractivity contribution is 8.18. The minimum atomic E-state index is -0.200. The number of aromatic nitrogens is 2. The maximum atomic E-state index is 13.0. The van der Waals surface area contributed by atoms with Crippen molar-refractivity contribution in [2.75, 3.05) is 13.1 Å². The molecule has 1 fully saturated rings. The van der Waals surface area contributed by atoms with Crippen molar-refractivity contribution in [1.82, 2.24) is 14.7 Å². The lowest BCUT2D eigenvalue weighted by Crippen LogP contribution is -2.35. The first-order valence-electron chi connectivity index (χ1n) is 13.4. The molecule has 0 bridgehead atoms. The molecule has 202 valence electrons. The van der Waals surface area contributed by atoms with Crippen molar-refractivity contribution in [3.8, 4) is 22.7 Å². The van der Waals surface area contributed by atoms with Gasteiger partial charge in [-0.25, -0.2) is 4.68 Å². The molecule has 3 aromatic carbocycles. The maximum Gasteiger partial charge on any atom is 0.286 e. The number of aliphatic imine (C=N–C) groups is 1. The molecule has 2 aliphatic heterocycles. The second kappa shape index (κ2) is 11.7. The van der Waals surface area contributed by atoms with Crippen LogP contribution in [0.5, 0.6) is 5.75 Å². The van der Waals surface area contributed by atoms with Gasteiger partial charge in [-0.2, -0.15) is 10.1 Å². The normalized spacial score (nSPS) is 16.9. The number of benzene rings is 3. The van der Waals surface area contributed by atoms with Gasteiger partial charge in [-0.1, -0.05) is 67.1 Å². The summed E-state index contributed by atoms with van der Waals surface area (Å²) >= 11 is 7.77. The van der Waals surface area contributed by atoms with Gasteiger partial charge in [0.2, 0.25) is 0 Å². The van der Waals surface area contributed by atoms with Crippen molar-refractivity contribution < 1.29 is 9.53 Å². The number of carbonyl (C=O) groups is 1. The summed E-state index contributed by atoms with van der Waals surface area (Å²) in [5.74, 6) is 1.22. The molecule has 40 heavy (non-hydrogen) atoms. The summed E-state index contributed by atoms with van der Waals surface area (Å²) in [4.78, 5) is 20.2. The van der Waals surface area contributed by atoms with Crippen LogP contribution in [0.4, 0.5) is 0 Å². The standard InChI is InChI=1S/C32H29ClN4O2S/c1-22-14-16-36(17-15-22)32-34-31(38)29(40-32)19-25-20-37(26-10-3-2-4-11-26)35-30(25)23-9-7-12-27(18-23)39-21-24-8-5-6-13-28(24)33/h2-13,18-20,22H,14-17,21H2,1H3. The fraction of sp³-hybridized carbons (Fsp3) is 0.219. The van der Waals surface area contributed by atoms with Crippen LogP contribution in [-0.2, 0) is 11.4 Å². The second-order valence-electron chi connectivity index (χ2n) is 10.1. The Hall–Kier alpha value is -3.81. The van der Waals surface area contributed by atoms with E-state index in [9.17, 15) is 4.79 Å². The molecule has 0 saturated carbocycles. The number of amides is 1. The average Bonchev–Trinajstić information content (AvgIpc) is 3.57. The largest absolute Gasteiger partial charge is 0.489 e. The number of piperidine rings is 1. The van der Waals surface area contributed by atoms with Crippen LogP contribution in [-0.4, -0.2) is 38.8 Å². The number of hydrogen-bond acceptors (Lipinski definition) is 5. The van der Waals surface area contributed by atoms with Crippen LogP contribution in [0, 0.1) is 5.92 Å². The number of ether oxygens (including phenoxy) is 1. The molecule has 0 N–H and O–H groups in total. The number of likely N-dealkylation sites (tertiary alicyclic amines) is 1. The minimum absolute atomic E-state index is 0.200. The van der Waals surface area contributed by atoms with E-state index in [1.807, 2.05) is 95.8 Å². The molecule has 6 rings (SSSR count). The number of halogens is 1. The summed E-state index contributed by atoms with van der Waals surface area (Å²) in [7, 11) is 0. The van der Waals surface area contributed by atoms with Gasteiger partial charge in [0.25, 0.3) is 5.91 Å². The number of para-hydroxylation sites is 1. The van der Waals surface area contributed by atoms with Gasteiger partial charge in [-0.3, -0.25) is 4.79 Å². The fourth-order valence-electron chi connectivity index (χ4n) is 4.81. The summed E-state index contributed by atoms with van der Waals surface area (Å²) in [5.41, 5.74) is 4.34. The molecule has 4 aromatic rings. The van der Waals surface area contributed by atoms with Crippen LogP contribution in [0.1, 0.15) is 30.9 Å². The van der Waals surface area contributed by atoms with Crippen LogP contribution < -0.4 is 4.74 Å². The first-order chi connectivity index (χ1) is 19.5. The molecule has 1 aromatic heterocycles. The summed E-state index contributed by atoms with van der Waals surface area (Å²) in [6, 6.07) is 25.4. The highest BCUT2D eigenvalue weighted by atomic mass is 35.5. The van der Waals surface area contributed by atoms with Gasteiger partial charge in [0.15, 0.2) is 5.17 Å². The smallest absolute Gasteiger partial charge is 0.286 e. The Balaban J connectivity index is 1.30. The SMILES string of the molecule is CC1CCN(C2=NC(=O)C(=Cc3cn(-c4ccccc4)nc3-c3cccc(OCc4ccccc4Cl)c3)S2)CC1. The molecule has 0 radical (unpaired) electrons. The van der Waals surface area contributed by atoms with Crippen LogP contribution in [0.25, 0.3) is 23.0 Å². The van der Waals surface area contributed by atoms with Crippen LogP contribution in [0.3, 0.4) is 0 Å². The molecule has 2 aliphatic rings. The van der Waals surface area contributed by atoms with E-state index < -0.39 is 0 Å². The summed E-state index contributed by atoms with van der Waals surface area (Å²) in [5, 5.41) is 6.41. The Labute approximate surface area is 243 Å². The summed E-state index contributed by atoms with van der Waals surface area (Å²) in [6.45, 7) is 4.51. The number of nitrogens with zero attached hydrogens (tertiary/aromatic N) is 4. The van der Waals surface area contributed by atoms with Gasteiger partial charge in [0.1, 0.15) is 18.1 Å². The van der Waals surface area contributed by atoms with Crippen molar-refractivity contribution in [3.05, 3.63) is 106 Å². The zero-order chi connectivity index (χ0) is 27.5. The van der Waals surface area contributed by atoms with Crippen LogP contribution >= 0.6 is 23.4 Å². The van der Waals surface area contributed by atoms with Crippen molar-refractivity contribution in [2.45, 2.75) is 26.4 Å². The number of thioether (sulfide) groups is 1. The van der Waals surface area contributed by atoms with Crippen molar-refractivity contribution in [3.63, 3.8) is 0 Å². The number of carbonyl (C=O) groups excluding carboxylic acids is 1. The maximum absolute atomic E-state index is 13.0. The molecule has 0 unspecified atom stereocenters. The molecule has 0 spiro atoms. The molecular weight excluding hydrogens is 540 g/mol. The van der Waals surface area contributed by atoms with Crippen molar-refractivity contribution in [2.24, 2.45) is 10.9 Å². The first kappa shape index (κ1) is 26.4. The first-order valence-corrected chi connectivity index (χ1v) is 14.6. The predicted octanol–water partition coefficient (Wildman–Crippen LogP) is 7.47. The van der Waals surface area contributed by atoms with E-state index in [1.165, 1.54) is 11.8 Å². The van der Waals surface area contributed by atoms with E-state index in [2.05, 4.69) is 16.8 Å². The quantitative estimate of drug-likeness (QED) is 0.226. The Morgan fingerprint density at radius 1 is 1.02 bits per heavy atom. The Bertz CT molecular complexity index is 1590. The second-order valence-corrected chi connectivity index (χ2v) is 11.5. The lowest BCUT2D eigenvalue weighted by Gasteiger charge is -2.30. The highest BCUT2D eigenvalue weighted by Crippen LogP contribution is 2.35. The van der Waals surface area contributed by atoms with E-state index in [-0.39, 0.29) is 5.91 Å². The molecular formula is C32H29ClN4O2S.